The van der Waals surface area contributed by atoms with E-state index in [1.807, 2.05) is 30.5 Å². The number of hydrogen-bond acceptors (Lipinski definition) is 2. The molecular weight excluding hydrogens is 234 g/mol. The second-order valence-electron chi connectivity index (χ2n) is 4.55. The van der Waals surface area contributed by atoms with Gasteiger partial charge >= 0.3 is 0 Å². The molecule has 92 valence electrons. The van der Waals surface area contributed by atoms with E-state index in [0.29, 0.717) is 12.5 Å². The zero-order chi connectivity index (χ0) is 11.9. The van der Waals surface area contributed by atoms with Crippen molar-refractivity contribution in [3.05, 3.63) is 34.9 Å². The molecule has 0 amide bonds. The molecule has 0 aromatic heterocycles. The first kappa shape index (κ1) is 12.4. The molecule has 2 nitrogen and oxygen atoms in total. The molecule has 0 spiro atoms. The number of hydrogen-bond donors (Lipinski definition) is 0. The van der Waals surface area contributed by atoms with E-state index in [-0.39, 0.29) is 0 Å². The number of halogens is 1. The van der Waals surface area contributed by atoms with Gasteiger partial charge in [-0.3, -0.25) is 0 Å². The SMILES string of the molecule is Clc1ccc(CON=CC2CCCCC2)cc1. The first-order valence-electron chi connectivity index (χ1n) is 6.24. The molecule has 0 saturated heterocycles. The highest BCUT2D eigenvalue weighted by Gasteiger charge is 2.10. The third kappa shape index (κ3) is 4.39. The zero-order valence-corrected chi connectivity index (χ0v) is 10.7. The van der Waals surface area contributed by atoms with Gasteiger partial charge in [-0.25, -0.2) is 0 Å². The summed E-state index contributed by atoms with van der Waals surface area (Å²) in [5.41, 5.74) is 1.09. The van der Waals surface area contributed by atoms with E-state index >= 15 is 0 Å². The van der Waals surface area contributed by atoms with Gasteiger partial charge in [-0.05, 0) is 36.5 Å². The van der Waals surface area contributed by atoms with Crippen LogP contribution >= 0.6 is 11.6 Å². The van der Waals surface area contributed by atoms with Crippen LogP contribution in [0.15, 0.2) is 29.4 Å². The first-order chi connectivity index (χ1) is 8.34. The van der Waals surface area contributed by atoms with Gasteiger partial charge in [0, 0.05) is 11.2 Å². The van der Waals surface area contributed by atoms with Gasteiger partial charge in [0.2, 0.25) is 0 Å². The molecule has 0 aliphatic heterocycles. The molecule has 1 aromatic carbocycles. The van der Waals surface area contributed by atoms with E-state index in [1.54, 1.807) is 0 Å². The van der Waals surface area contributed by atoms with Gasteiger partial charge in [0.15, 0.2) is 0 Å². The van der Waals surface area contributed by atoms with Crippen LogP contribution in [0.1, 0.15) is 37.7 Å². The van der Waals surface area contributed by atoms with Crippen LogP contribution in [0.2, 0.25) is 5.02 Å². The molecule has 0 bridgehead atoms. The Kier molecular flexibility index (Phi) is 4.87. The molecule has 1 aliphatic carbocycles. The molecule has 1 aromatic rings. The summed E-state index contributed by atoms with van der Waals surface area (Å²) < 4.78 is 0. The Balaban J connectivity index is 1.71. The van der Waals surface area contributed by atoms with Crippen molar-refractivity contribution in [2.45, 2.75) is 38.7 Å². The number of nitrogens with zero attached hydrogens (tertiary/aromatic N) is 1. The predicted molar refractivity (Wildman–Crippen MR) is 71.3 cm³/mol. The van der Waals surface area contributed by atoms with E-state index in [4.69, 9.17) is 16.4 Å². The maximum absolute atomic E-state index is 5.80. The lowest BCUT2D eigenvalue weighted by molar-refractivity contribution is 0.130. The van der Waals surface area contributed by atoms with Crippen LogP contribution in [0.25, 0.3) is 0 Å². The summed E-state index contributed by atoms with van der Waals surface area (Å²) in [5, 5.41) is 4.80. The fraction of sp³-hybridized carbons (Fsp3) is 0.500. The Morgan fingerprint density at radius 2 is 1.88 bits per heavy atom. The minimum Gasteiger partial charge on any atom is -0.391 e. The number of rotatable bonds is 4. The van der Waals surface area contributed by atoms with Gasteiger partial charge < -0.3 is 4.84 Å². The lowest BCUT2D eigenvalue weighted by Crippen LogP contribution is -2.07. The first-order valence-corrected chi connectivity index (χ1v) is 6.62. The Hall–Kier alpha value is -1.02. The zero-order valence-electron chi connectivity index (χ0n) is 9.94. The maximum atomic E-state index is 5.80. The molecule has 0 radical (unpaired) electrons. The van der Waals surface area contributed by atoms with Crippen LogP contribution in [0.3, 0.4) is 0 Å². The molecule has 0 N–H and O–H groups in total. The molecule has 0 atom stereocenters. The van der Waals surface area contributed by atoms with E-state index < -0.39 is 0 Å². The normalized spacial score (nSPS) is 17.5. The van der Waals surface area contributed by atoms with Gasteiger partial charge in [-0.2, -0.15) is 0 Å². The smallest absolute Gasteiger partial charge is 0.142 e. The molecular formula is C14H18ClNO. The van der Waals surface area contributed by atoms with Gasteiger partial charge in [0.1, 0.15) is 6.61 Å². The average molecular weight is 252 g/mol. The quantitative estimate of drug-likeness (QED) is 0.573. The van der Waals surface area contributed by atoms with Crippen molar-refractivity contribution in [1.82, 2.24) is 0 Å². The second kappa shape index (κ2) is 6.65. The van der Waals surface area contributed by atoms with Crippen molar-refractivity contribution in [2.24, 2.45) is 11.1 Å². The van der Waals surface area contributed by atoms with E-state index in [0.717, 1.165) is 10.6 Å². The van der Waals surface area contributed by atoms with Crippen LogP contribution in [-0.2, 0) is 11.4 Å². The van der Waals surface area contributed by atoms with Crippen molar-refractivity contribution < 1.29 is 4.84 Å². The summed E-state index contributed by atoms with van der Waals surface area (Å²) in [6, 6.07) is 7.65. The summed E-state index contributed by atoms with van der Waals surface area (Å²) in [6.07, 6.45) is 8.51. The van der Waals surface area contributed by atoms with Gasteiger partial charge in [0.25, 0.3) is 0 Å². The standard InChI is InChI=1S/C14H18ClNO/c15-14-8-6-13(7-9-14)11-17-16-10-12-4-2-1-3-5-12/h6-10,12H,1-5,11H2. The molecule has 1 fully saturated rings. The lowest BCUT2D eigenvalue weighted by atomic mass is 9.90. The monoisotopic (exact) mass is 251 g/mol. The minimum atomic E-state index is 0.514. The molecule has 0 heterocycles. The average Bonchev–Trinajstić information content (AvgIpc) is 2.38. The van der Waals surface area contributed by atoms with Gasteiger partial charge in [-0.1, -0.05) is 48.2 Å². The van der Waals surface area contributed by atoms with Crippen molar-refractivity contribution in [3.63, 3.8) is 0 Å². The van der Waals surface area contributed by atoms with Crippen molar-refractivity contribution in [1.29, 1.82) is 0 Å². The highest BCUT2D eigenvalue weighted by molar-refractivity contribution is 6.30. The Bertz CT molecular complexity index is 355. The van der Waals surface area contributed by atoms with Crippen molar-refractivity contribution in [2.75, 3.05) is 0 Å². The third-order valence-corrected chi connectivity index (χ3v) is 3.39. The Morgan fingerprint density at radius 1 is 1.18 bits per heavy atom. The summed E-state index contributed by atoms with van der Waals surface area (Å²) in [7, 11) is 0. The largest absolute Gasteiger partial charge is 0.391 e. The highest BCUT2D eigenvalue weighted by atomic mass is 35.5. The van der Waals surface area contributed by atoms with E-state index in [1.165, 1.54) is 32.1 Å². The lowest BCUT2D eigenvalue weighted by Gasteiger charge is -2.16. The van der Waals surface area contributed by atoms with Crippen LogP contribution in [0.4, 0.5) is 0 Å². The number of benzene rings is 1. The fourth-order valence-corrected chi connectivity index (χ4v) is 2.23. The van der Waals surface area contributed by atoms with Crippen LogP contribution < -0.4 is 0 Å². The number of oxime groups is 1. The minimum absolute atomic E-state index is 0.514. The maximum Gasteiger partial charge on any atom is 0.142 e. The summed E-state index contributed by atoms with van der Waals surface area (Å²) >= 11 is 5.80. The molecule has 3 heteroatoms. The summed E-state index contributed by atoms with van der Waals surface area (Å²) in [6.45, 7) is 0.514. The predicted octanol–water partition coefficient (Wildman–Crippen LogP) is 4.42. The van der Waals surface area contributed by atoms with Crippen LogP contribution in [0.5, 0.6) is 0 Å². The fourth-order valence-electron chi connectivity index (χ4n) is 2.10. The van der Waals surface area contributed by atoms with Crippen molar-refractivity contribution >= 4 is 17.8 Å². The van der Waals surface area contributed by atoms with Crippen LogP contribution in [0, 0.1) is 5.92 Å². The molecule has 1 saturated carbocycles. The van der Waals surface area contributed by atoms with Gasteiger partial charge in [-0.15, -0.1) is 0 Å². The Labute approximate surface area is 108 Å². The van der Waals surface area contributed by atoms with E-state index in [2.05, 4.69) is 5.16 Å². The third-order valence-electron chi connectivity index (χ3n) is 3.14. The Morgan fingerprint density at radius 3 is 2.59 bits per heavy atom. The molecule has 1 aliphatic rings. The van der Waals surface area contributed by atoms with Crippen molar-refractivity contribution in [3.8, 4) is 0 Å². The molecule has 17 heavy (non-hydrogen) atoms. The van der Waals surface area contributed by atoms with Crippen LogP contribution in [-0.4, -0.2) is 6.21 Å². The van der Waals surface area contributed by atoms with E-state index in [9.17, 15) is 0 Å². The molecule has 2 rings (SSSR count). The topological polar surface area (TPSA) is 21.6 Å². The molecule has 0 unspecified atom stereocenters. The van der Waals surface area contributed by atoms with Gasteiger partial charge in [0.05, 0.1) is 0 Å². The summed E-state index contributed by atoms with van der Waals surface area (Å²) in [5.74, 6) is 0.619. The second-order valence-corrected chi connectivity index (χ2v) is 4.99. The highest BCUT2D eigenvalue weighted by Crippen LogP contribution is 2.21. The summed E-state index contributed by atoms with van der Waals surface area (Å²) in [4.78, 5) is 5.29.